The quantitative estimate of drug-likeness (QED) is 0.240. The molecular weight excluding hydrogens is 474 g/mol. The molecule has 5 aromatic carbocycles. The molecule has 0 N–H and O–H groups in total. The Labute approximate surface area is 221 Å². The van der Waals surface area contributed by atoms with E-state index in [2.05, 4.69) is 60.7 Å². The fourth-order valence-corrected chi connectivity index (χ4v) is 4.37. The summed E-state index contributed by atoms with van der Waals surface area (Å²) in [5.41, 5.74) is 7.37. The molecule has 0 aliphatic heterocycles. The molecule has 6 rings (SSSR count). The monoisotopic (exact) mass is 495 g/mol. The Morgan fingerprint density at radius 1 is 0.297 bits per heavy atom. The molecule has 3 nitrogen and oxygen atoms in total. The topological polar surface area (TPSA) is 38.7 Å². The Morgan fingerprint density at radius 2 is 0.568 bits per heavy atom. The number of halogens is 1. The Bertz CT molecular complexity index is 1630. The van der Waals surface area contributed by atoms with Crippen LogP contribution in [0.3, 0.4) is 0 Å². The average molecular weight is 496 g/mol. The van der Waals surface area contributed by atoms with E-state index in [9.17, 15) is 0 Å². The molecule has 1 heterocycles. The van der Waals surface area contributed by atoms with Crippen LogP contribution in [0.5, 0.6) is 0 Å². The Morgan fingerprint density at radius 3 is 0.973 bits per heavy atom. The first kappa shape index (κ1) is 22.8. The van der Waals surface area contributed by atoms with E-state index in [1.807, 2.05) is 72.8 Å². The fourth-order valence-electron chi connectivity index (χ4n) is 4.25. The molecule has 0 atom stereocenters. The molecule has 0 saturated heterocycles. The second kappa shape index (κ2) is 10.2. The highest BCUT2D eigenvalue weighted by atomic mass is 35.5. The molecule has 0 amide bonds. The smallest absolute Gasteiger partial charge is 0.164 e. The van der Waals surface area contributed by atoms with Gasteiger partial charge in [0.05, 0.1) is 0 Å². The highest BCUT2D eigenvalue weighted by Crippen LogP contribution is 2.29. The molecule has 176 valence electrons. The summed E-state index contributed by atoms with van der Waals surface area (Å²) in [6.45, 7) is 0. The van der Waals surface area contributed by atoms with Crippen LogP contribution in [0.4, 0.5) is 0 Å². The minimum atomic E-state index is 0.638. The summed E-state index contributed by atoms with van der Waals surface area (Å²) in [4.78, 5) is 14.6. The van der Waals surface area contributed by atoms with E-state index >= 15 is 0 Å². The third-order valence-electron chi connectivity index (χ3n) is 6.24. The van der Waals surface area contributed by atoms with E-state index in [1.54, 1.807) is 0 Å². The molecule has 1 aromatic heterocycles. The first-order valence-corrected chi connectivity index (χ1v) is 12.4. The molecule has 0 bridgehead atoms. The molecule has 0 saturated carbocycles. The van der Waals surface area contributed by atoms with Crippen molar-refractivity contribution in [2.24, 2.45) is 0 Å². The predicted octanol–water partition coefficient (Wildman–Crippen LogP) is 8.86. The molecule has 0 unspecified atom stereocenters. The van der Waals surface area contributed by atoms with Crippen LogP contribution >= 0.6 is 11.6 Å². The summed E-state index contributed by atoms with van der Waals surface area (Å²) in [6, 6.07) is 44.8. The van der Waals surface area contributed by atoms with Gasteiger partial charge in [0.25, 0.3) is 0 Å². The molecule has 4 heteroatoms. The maximum absolute atomic E-state index is 6.05. The SMILES string of the molecule is Clc1ccc(-c2ccc(-c3nc(-c4ccccc4)nc(-c4ccc(-c5ccccc5)cc4)n3)cc2)cc1. The molecule has 37 heavy (non-hydrogen) atoms. The minimum Gasteiger partial charge on any atom is -0.208 e. The van der Waals surface area contributed by atoms with E-state index in [0.717, 1.165) is 38.4 Å². The van der Waals surface area contributed by atoms with Gasteiger partial charge in [-0.1, -0.05) is 133 Å². The van der Waals surface area contributed by atoms with Crippen LogP contribution < -0.4 is 0 Å². The Balaban J connectivity index is 1.40. The number of nitrogens with zero attached hydrogens (tertiary/aromatic N) is 3. The van der Waals surface area contributed by atoms with E-state index in [1.165, 1.54) is 5.56 Å². The van der Waals surface area contributed by atoms with Crippen LogP contribution in [-0.2, 0) is 0 Å². The van der Waals surface area contributed by atoms with E-state index < -0.39 is 0 Å². The number of aromatic nitrogens is 3. The van der Waals surface area contributed by atoms with Crippen molar-refractivity contribution in [3.63, 3.8) is 0 Å². The maximum atomic E-state index is 6.05. The third kappa shape index (κ3) is 5.04. The fraction of sp³-hybridized carbons (Fsp3) is 0. The van der Waals surface area contributed by atoms with Crippen molar-refractivity contribution in [3.8, 4) is 56.4 Å². The Hall–Kier alpha value is -4.60. The summed E-state index contributed by atoms with van der Waals surface area (Å²) in [7, 11) is 0. The van der Waals surface area contributed by atoms with Crippen molar-refractivity contribution in [2.45, 2.75) is 0 Å². The number of hydrogen-bond donors (Lipinski definition) is 0. The van der Waals surface area contributed by atoms with Gasteiger partial charge in [-0.3, -0.25) is 0 Å². The van der Waals surface area contributed by atoms with Gasteiger partial charge >= 0.3 is 0 Å². The summed E-state index contributed by atoms with van der Waals surface area (Å²) < 4.78 is 0. The highest BCUT2D eigenvalue weighted by Gasteiger charge is 2.13. The van der Waals surface area contributed by atoms with Crippen molar-refractivity contribution >= 4 is 11.6 Å². The molecule has 0 fully saturated rings. The van der Waals surface area contributed by atoms with Gasteiger partial charge in [-0.2, -0.15) is 0 Å². The minimum absolute atomic E-state index is 0.638. The van der Waals surface area contributed by atoms with Gasteiger partial charge in [-0.05, 0) is 34.4 Å². The molecule has 6 aromatic rings. The second-order valence-electron chi connectivity index (χ2n) is 8.70. The van der Waals surface area contributed by atoms with Crippen LogP contribution in [0.25, 0.3) is 56.4 Å². The largest absolute Gasteiger partial charge is 0.208 e. The van der Waals surface area contributed by atoms with Gasteiger partial charge in [0.2, 0.25) is 0 Å². The second-order valence-corrected chi connectivity index (χ2v) is 9.14. The van der Waals surface area contributed by atoms with E-state index in [4.69, 9.17) is 26.6 Å². The Kier molecular flexibility index (Phi) is 6.28. The zero-order valence-corrected chi connectivity index (χ0v) is 20.7. The number of hydrogen-bond acceptors (Lipinski definition) is 3. The highest BCUT2D eigenvalue weighted by molar-refractivity contribution is 6.30. The van der Waals surface area contributed by atoms with Crippen LogP contribution in [0.1, 0.15) is 0 Å². The lowest BCUT2D eigenvalue weighted by Gasteiger charge is -2.10. The third-order valence-corrected chi connectivity index (χ3v) is 6.49. The number of benzene rings is 5. The summed E-state index contributed by atoms with van der Waals surface area (Å²) in [6.07, 6.45) is 0. The van der Waals surface area contributed by atoms with Crippen molar-refractivity contribution in [1.82, 2.24) is 15.0 Å². The van der Waals surface area contributed by atoms with Crippen molar-refractivity contribution in [3.05, 3.63) is 138 Å². The average Bonchev–Trinajstić information content (AvgIpc) is 2.98. The normalized spacial score (nSPS) is 10.8. The standard InChI is InChI=1S/C33H22ClN3/c34-30-21-19-26(20-22-30)25-13-17-29(18-14-25)33-36-31(27-9-5-2-6-10-27)35-32(37-33)28-15-11-24(12-16-28)23-7-3-1-4-8-23/h1-22H. The summed E-state index contributed by atoms with van der Waals surface area (Å²) in [5, 5.41) is 0.725. The van der Waals surface area contributed by atoms with Crippen LogP contribution in [0, 0.1) is 0 Å². The van der Waals surface area contributed by atoms with E-state index in [-0.39, 0.29) is 0 Å². The van der Waals surface area contributed by atoms with Crippen LogP contribution in [-0.4, -0.2) is 15.0 Å². The zero-order valence-electron chi connectivity index (χ0n) is 19.9. The number of rotatable bonds is 5. The van der Waals surface area contributed by atoms with Crippen LogP contribution in [0.2, 0.25) is 5.02 Å². The van der Waals surface area contributed by atoms with Gasteiger partial charge in [0, 0.05) is 21.7 Å². The molecular formula is C33H22ClN3. The van der Waals surface area contributed by atoms with Crippen LogP contribution in [0.15, 0.2) is 133 Å². The maximum Gasteiger partial charge on any atom is 0.164 e. The van der Waals surface area contributed by atoms with Crippen molar-refractivity contribution in [1.29, 1.82) is 0 Å². The molecule has 0 aliphatic carbocycles. The van der Waals surface area contributed by atoms with E-state index in [0.29, 0.717) is 17.5 Å². The molecule has 0 spiro atoms. The summed E-state index contributed by atoms with van der Waals surface area (Å²) in [5.74, 6) is 1.93. The first-order valence-electron chi connectivity index (χ1n) is 12.1. The van der Waals surface area contributed by atoms with Gasteiger partial charge in [0.15, 0.2) is 17.5 Å². The van der Waals surface area contributed by atoms with Gasteiger partial charge < -0.3 is 0 Å². The van der Waals surface area contributed by atoms with Gasteiger partial charge in [-0.25, -0.2) is 15.0 Å². The van der Waals surface area contributed by atoms with Gasteiger partial charge in [0.1, 0.15) is 0 Å². The molecule has 0 aliphatic rings. The van der Waals surface area contributed by atoms with Crippen molar-refractivity contribution < 1.29 is 0 Å². The first-order chi connectivity index (χ1) is 18.2. The molecule has 0 radical (unpaired) electrons. The van der Waals surface area contributed by atoms with Gasteiger partial charge in [-0.15, -0.1) is 0 Å². The zero-order chi connectivity index (χ0) is 25.0. The predicted molar refractivity (Wildman–Crippen MR) is 152 cm³/mol. The lowest BCUT2D eigenvalue weighted by atomic mass is 10.0. The lowest BCUT2D eigenvalue weighted by Crippen LogP contribution is -2.00. The summed E-state index contributed by atoms with van der Waals surface area (Å²) >= 11 is 6.05. The van der Waals surface area contributed by atoms with Crippen molar-refractivity contribution in [2.75, 3.05) is 0 Å². The lowest BCUT2D eigenvalue weighted by molar-refractivity contribution is 1.07.